The molecular formula is C15H18N2O3S. The molecule has 0 spiro atoms. The molecule has 0 aliphatic rings. The van der Waals surface area contributed by atoms with E-state index in [0.29, 0.717) is 18.0 Å². The molecule has 5 nitrogen and oxygen atoms in total. The number of hydrogen-bond acceptors (Lipinski definition) is 4. The number of nitrogens with zero attached hydrogens (tertiary/aromatic N) is 2. The first-order chi connectivity index (χ1) is 10.0. The summed E-state index contributed by atoms with van der Waals surface area (Å²) in [5.74, 6) is -0.492. The smallest absolute Gasteiger partial charge is 0.307 e. The van der Waals surface area contributed by atoms with Gasteiger partial charge in [0, 0.05) is 13.5 Å². The quantitative estimate of drug-likeness (QED) is 0.815. The zero-order valence-electron chi connectivity index (χ0n) is 12.4. The van der Waals surface area contributed by atoms with Gasteiger partial charge >= 0.3 is 5.97 Å². The van der Waals surface area contributed by atoms with E-state index in [9.17, 15) is 9.59 Å². The first kappa shape index (κ1) is 15.4. The number of ether oxygens (including phenoxy) is 1. The van der Waals surface area contributed by atoms with Crippen molar-refractivity contribution in [3.63, 3.8) is 0 Å². The minimum absolute atomic E-state index is 0.245. The number of aryl methyl sites for hydroxylation is 2. The lowest BCUT2D eigenvalue weighted by molar-refractivity contribution is -0.143. The molecule has 0 aliphatic carbocycles. The van der Waals surface area contributed by atoms with E-state index in [1.54, 1.807) is 6.92 Å². The van der Waals surface area contributed by atoms with Crippen molar-refractivity contribution in [1.29, 1.82) is 0 Å². The van der Waals surface area contributed by atoms with Crippen LogP contribution in [0.15, 0.2) is 23.2 Å². The molecule has 0 N–H and O–H groups in total. The lowest BCUT2D eigenvalue weighted by Gasteiger charge is -2.05. The van der Waals surface area contributed by atoms with Gasteiger partial charge in [0.2, 0.25) is 5.91 Å². The van der Waals surface area contributed by atoms with Crippen molar-refractivity contribution in [3.8, 4) is 0 Å². The van der Waals surface area contributed by atoms with Crippen LogP contribution in [0.3, 0.4) is 0 Å². The maximum absolute atomic E-state index is 11.5. The van der Waals surface area contributed by atoms with Crippen LogP contribution in [0.2, 0.25) is 0 Å². The second kappa shape index (κ2) is 6.67. The molecule has 0 aliphatic heterocycles. The Morgan fingerprint density at radius 2 is 2.14 bits per heavy atom. The number of rotatable bonds is 4. The molecule has 0 unspecified atom stereocenters. The number of carbonyl (C=O) groups excluding carboxylic acids is 2. The Hall–Kier alpha value is -1.95. The number of esters is 1. The van der Waals surface area contributed by atoms with Gasteiger partial charge in [-0.15, -0.1) is 0 Å². The largest absolute Gasteiger partial charge is 0.466 e. The first-order valence-electron chi connectivity index (χ1n) is 6.82. The predicted molar refractivity (Wildman–Crippen MR) is 82.0 cm³/mol. The standard InChI is InChI=1S/C15H18N2O3S/c1-4-20-14(19)7-8-17-12-6-5-10(2)9-13(12)21-15(17)16-11(3)18/h5-6,9H,4,7-8H2,1-3H3. The molecule has 0 radical (unpaired) electrons. The molecule has 21 heavy (non-hydrogen) atoms. The molecule has 2 aromatic rings. The van der Waals surface area contributed by atoms with Crippen molar-refractivity contribution in [3.05, 3.63) is 28.6 Å². The third-order valence-electron chi connectivity index (χ3n) is 2.94. The molecule has 2 rings (SSSR count). The fourth-order valence-corrected chi connectivity index (χ4v) is 3.25. The molecule has 0 saturated carbocycles. The van der Waals surface area contributed by atoms with E-state index in [2.05, 4.69) is 11.1 Å². The lowest BCUT2D eigenvalue weighted by atomic mass is 10.2. The third kappa shape index (κ3) is 3.78. The number of carbonyl (C=O) groups is 2. The highest BCUT2D eigenvalue weighted by Crippen LogP contribution is 2.19. The van der Waals surface area contributed by atoms with Crippen molar-refractivity contribution < 1.29 is 14.3 Å². The Morgan fingerprint density at radius 3 is 2.81 bits per heavy atom. The van der Waals surface area contributed by atoms with Gasteiger partial charge < -0.3 is 9.30 Å². The second-order valence-electron chi connectivity index (χ2n) is 4.69. The van der Waals surface area contributed by atoms with Crippen LogP contribution >= 0.6 is 11.3 Å². The number of thiazole rings is 1. The molecule has 1 aromatic heterocycles. The zero-order valence-corrected chi connectivity index (χ0v) is 13.2. The summed E-state index contributed by atoms with van der Waals surface area (Å²) in [6.07, 6.45) is 0.263. The van der Waals surface area contributed by atoms with Crippen LogP contribution in [0.25, 0.3) is 10.2 Å². The Morgan fingerprint density at radius 1 is 1.38 bits per heavy atom. The molecular weight excluding hydrogens is 288 g/mol. The van der Waals surface area contributed by atoms with Crippen LogP contribution in [-0.4, -0.2) is 23.1 Å². The van der Waals surface area contributed by atoms with Crippen molar-refractivity contribution in [2.45, 2.75) is 33.7 Å². The van der Waals surface area contributed by atoms with Gasteiger partial charge in [0.1, 0.15) is 0 Å². The highest BCUT2D eigenvalue weighted by molar-refractivity contribution is 7.16. The lowest BCUT2D eigenvalue weighted by Crippen LogP contribution is -2.19. The van der Waals surface area contributed by atoms with E-state index in [1.807, 2.05) is 23.6 Å². The molecule has 1 aromatic carbocycles. The van der Waals surface area contributed by atoms with Crippen molar-refractivity contribution in [2.75, 3.05) is 6.61 Å². The molecule has 0 saturated heterocycles. The van der Waals surface area contributed by atoms with Crippen molar-refractivity contribution in [1.82, 2.24) is 4.57 Å². The van der Waals surface area contributed by atoms with Gasteiger partial charge in [0.15, 0.2) is 4.80 Å². The topological polar surface area (TPSA) is 60.7 Å². The van der Waals surface area contributed by atoms with E-state index in [0.717, 1.165) is 15.8 Å². The Bertz CT molecular complexity index is 743. The van der Waals surface area contributed by atoms with E-state index in [4.69, 9.17) is 4.74 Å². The van der Waals surface area contributed by atoms with E-state index < -0.39 is 0 Å². The average molecular weight is 306 g/mol. The number of hydrogen-bond donors (Lipinski definition) is 0. The van der Waals surface area contributed by atoms with Crippen LogP contribution < -0.4 is 4.80 Å². The Balaban J connectivity index is 2.43. The molecule has 112 valence electrons. The highest BCUT2D eigenvalue weighted by atomic mass is 32.1. The normalized spacial score (nSPS) is 11.9. The summed E-state index contributed by atoms with van der Waals surface area (Å²) in [6, 6.07) is 6.05. The van der Waals surface area contributed by atoms with Gasteiger partial charge in [-0.2, -0.15) is 4.99 Å². The summed E-state index contributed by atoms with van der Waals surface area (Å²) in [5.41, 5.74) is 2.13. The maximum Gasteiger partial charge on any atom is 0.307 e. The van der Waals surface area contributed by atoms with Crippen LogP contribution in [-0.2, 0) is 20.9 Å². The van der Waals surface area contributed by atoms with Crippen LogP contribution in [0, 0.1) is 6.92 Å². The monoisotopic (exact) mass is 306 g/mol. The maximum atomic E-state index is 11.5. The third-order valence-corrected chi connectivity index (χ3v) is 3.98. The van der Waals surface area contributed by atoms with E-state index in [-0.39, 0.29) is 18.3 Å². The van der Waals surface area contributed by atoms with Gasteiger partial charge in [0.05, 0.1) is 23.2 Å². The molecule has 1 amide bonds. The number of benzene rings is 1. The van der Waals surface area contributed by atoms with Crippen LogP contribution in [0.4, 0.5) is 0 Å². The number of fused-ring (bicyclic) bond motifs is 1. The number of amides is 1. The molecule has 1 heterocycles. The minimum Gasteiger partial charge on any atom is -0.466 e. The number of aromatic nitrogens is 1. The summed E-state index contributed by atoms with van der Waals surface area (Å²) in [6.45, 7) is 6.05. The summed E-state index contributed by atoms with van der Waals surface area (Å²) < 4.78 is 7.90. The average Bonchev–Trinajstić information content (AvgIpc) is 2.72. The summed E-state index contributed by atoms with van der Waals surface area (Å²) in [5, 5.41) is 0. The van der Waals surface area contributed by atoms with Gasteiger partial charge in [-0.3, -0.25) is 9.59 Å². The van der Waals surface area contributed by atoms with Gasteiger partial charge in [-0.1, -0.05) is 17.4 Å². The zero-order chi connectivity index (χ0) is 15.4. The molecule has 0 fully saturated rings. The van der Waals surface area contributed by atoms with Gasteiger partial charge in [-0.25, -0.2) is 0 Å². The first-order valence-corrected chi connectivity index (χ1v) is 7.64. The van der Waals surface area contributed by atoms with Crippen LogP contribution in [0.5, 0.6) is 0 Å². The minimum atomic E-state index is -0.247. The molecule has 0 atom stereocenters. The van der Waals surface area contributed by atoms with Gasteiger partial charge in [-0.05, 0) is 31.5 Å². The van der Waals surface area contributed by atoms with Gasteiger partial charge in [0.25, 0.3) is 0 Å². The highest BCUT2D eigenvalue weighted by Gasteiger charge is 2.09. The SMILES string of the molecule is CCOC(=O)CCn1c(=NC(C)=O)sc2cc(C)ccc21. The Kier molecular flexibility index (Phi) is 4.90. The van der Waals surface area contributed by atoms with E-state index in [1.165, 1.54) is 18.3 Å². The molecule has 0 bridgehead atoms. The molecule has 6 heteroatoms. The summed E-state index contributed by atoms with van der Waals surface area (Å²) >= 11 is 1.45. The fraction of sp³-hybridized carbons (Fsp3) is 0.400. The fourth-order valence-electron chi connectivity index (χ4n) is 2.05. The predicted octanol–water partition coefficient (Wildman–Crippen LogP) is 2.41. The Labute approximate surface area is 126 Å². The van der Waals surface area contributed by atoms with E-state index >= 15 is 0 Å². The summed E-state index contributed by atoms with van der Waals surface area (Å²) in [4.78, 5) is 27.5. The van der Waals surface area contributed by atoms with Crippen LogP contribution in [0.1, 0.15) is 25.8 Å². The summed E-state index contributed by atoms with van der Waals surface area (Å²) in [7, 11) is 0. The van der Waals surface area contributed by atoms with Crippen molar-refractivity contribution in [2.24, 2.45) is 4.99 Å². The second-order valence-corrected chi connectivity index (χ2v) is 5.70. The van der Waals surface area contributed by atoms with Crippen molar-refractivity contribution >= 4 is 33.4 Å².